The highest BCUT2D eigenvalue weighted by atomic mass is 16.5. The molecule has 0 aliphatic carbocycles. The molecule has 0 radical (unpaired) electrons. The second kappa shape index (κ2) is 10.9. The maximum atomic E-state index is 13.4. The predicted molar refractivity (Wildman–Crippen MR) is 141 cm³/mol. The Balaban J connectivity index is 1.77. The zero-order valence-corrected chi connectivity index (χ0v) is 22.2. The van der Waals surface area contributed by atoms with Crippen molar-refractivity contribution in [1.29, 1.82) is 0 Å². The van der Waals surface area contributed by atoms with E-state index >= 15 is 0 Å². The van der Waals surface area contributed by atoms with Gasteiger partial charge in [0.1, 0.15) is 5.76 Å². The zero-order valence-electron chi connectivity index (χ0n) is 22.2. The van der Waals surface area contributed by atoms with Crippen molar-refractivity contribution in [1.82, 2.24) is 9.80 Å². The van der Waals surface area contributed by atoms with E-state index in [0.29, 0.717) is 43.4 Å². The van der Waals surface area contributed by atoms with Gasteiger partial charge in [0.05, 0.1) is 39.0 Å². The summed E-state index contributed by atoms with van der Waals surface area (Å²) >= 11 is 0. The van der Waals surface area contributed by atoms with E-state index in [1.165, 1.54) is 14.2 Å². The van der Waals surface area contributed by atoms with E-state index in [1.54, 1.807) is 23.1 Å². The van der Waals surface area contributed by atoms with Crippen LogP contribution in [0, 0.1) is 0 Å². The number of ether oxygens (including phenoxy) is 3. The fourth-order valence-electron chi connectivity index (χ4n) is 4.84. The summed E-state index contributed by atoms with van der Waals surface area (Å²) in [6.45, 7) is 10.2. The number of Topliss-reactive ketones (excluding diaryl/α,β-unsaturated/α-hetero) is 1. The van der Waals surface area contributed by atoms with E-state index in [-0.39, 0.29) is 16.7 Å². The molecule has 198 valence electrons. The number of carbonyl (C=O) groups is 2. The van der Waals surface area contributed by atoms with Gasteiger partial charge in [-0.1, -0.05) is 45.0 Å². The normalized spacial score (nSPS) is 20.4. The van der Waals surface area contributed by atoms with E-state index in [4.69, 9.17) is 14.2 Å². The monoisotopic (exact) mass is 508 g/mol. The minimum Gasteiger partial charge on any atom is -0.507 e. The zero-order chi connectivity index (χ0) is 26.7. The van der Waals surface area contributed by atoms with Crippen molar-refractivity contribution >= 4 is 17.4 Å². The molecule has 2 fully saturated rings. The van der Waals surface area contributed by atoms with Crippen molar-refractivity contribution < 1.29 is 28.9 Å². The molecule has 2 saturated heterocycles. The van der Waals surface area contributed by atoms with Gasteiger partial charge in [0, 0.05) is 31.7 Å². The Morgan fingerprint density at radius 2 is 1.62 bits per heavy atom. The largest absolute Gasteiger partial charge is 0.507 e. The number of rotatable bonds is 7. The fourth-order valence-corrected chi connectivity index (χ4v) is 4.84. The highest BCUT2D eigenvalue weighted by Crippen LogP contribution is 2.41. The SMILES string of the molecule is COc1ccc(C(O)=C2C(=O)C(=O)N(CCN3CCOCC3)[C@H]2c2ccc(C(C)(C)C)cc2)cc1OC. The van der Waals surface area contributed by atoms with Gasteiger partial charge in [-0.3, -0.25) is 14.5 Å². The van der Waals surface area contributed by atoms with Gasteiger partial charge in [0.25, 0.3) is 11.7 Å². The van der Waals surface area contributed by atoms with E-state index < -0.39 is 17.7 Å². The number of likely N-dealkylation sites (tertiary alicyclic amines) is 1. The molecule has 2 heterocycles. The van der Waals surface area contributed by atoms with Gasteiger partial charge in [0.15, 0.2) is 11.5 Å². The number of morpholine rings is 1. The summed E-state index contributed by atoms with van der Waals surface area (Å²) in [6, 6.07) is 12.1. The smallest absolute Gasteiger partial charge is 0.295 e. The molecular weight excluding hydrogens is 472 g/mol. The van der Waals surface area contributed by atoms with Crippen molar-refractivity contribution in [3.63, 3.8) is 0 Å². The topological polar surface area (TPSA) is 88.5 Å². The average molecular weight is 509 g/mol. The number of methoxy groups -OCH3 is 2. The Hall–Kier alpha value is -3.36. The van der Waals surface area contributed by atoms with Gasteiger partial charge in [-0.15, -0.1) is 0 Å². The lowest BCUT2D eigenvalue weighted by molar-refractivity contribution is -0.140. The summed E-state index contributed by atoms with van der Waals surface area (Å²) < 4.78 is 16.1. The number of carbonyl (C=O) groups excluding carboxylic acids is 2. The summed E-state index contributed by atoms with van der Waals surface area (Å²) in [6.07, 6.45) is 0. The van der Waals surface area contributed by atoms with Crippen LogP contribution in [-0.2, 0) is 19.7 Å². The quantitative estimate of drug-likeness (QED) is 0.346. The van der Waals surface area contributed by atoms with Crippen LogP contribution in [0.4, 0.5) is 0 Å². The molecule has 2 aliphatic rings. The minimum atomic E-state index is -0.705. The number of aliphatic hydroxyl groups is 1. The summed E-state index contributed by atoms with van der Waals surface area (Å²) in [4.78, 5) is 30.5. The Bertz CT molecular complexity index is 1180. The number of hydrogen-bond donors (Lipinski definition) is 1. The lowest BCUT2D eigenvalue weighted by Gasteiger charge is -2.31. The lowest BCUT2D eigenvalue weighted by Crippen LogP contribution is -2.42. The van der Waals surface area contributed by atoms with Gasteiger partial charge in [-0.05, 0) is 34.7 Å². The summed E-state index contributed by atoms with van der Waals surface area (Å²) in [5.74, 6) is -0.629. The summed E-state index contributed by atoms with van der Waals surface area (Å²) in [5, 5.41) is 11.4. The first-order valence-corrected chi connectivity index (χ1v) is 12.6. The Kier molecular flexibility index (Phi) is 7.90. The molecule has 1 atom stereocenters. The van der Waals surface area contributed by atoms with Crippen LogP contribution in [0.1, 0.15) is 43.5 Å². The number of ketones is 1. The predicted octanol–water partition coefficient (Wildman–Crippen LogP) is 3.76. The molecule has 1 amide bonds. The number of nitrogens with zero attached hydrogens (tertiary/aromatic N) is 2. The molecule has 0 unspecified atom stereocenters. The van der Waals surface area contributed by atoms with Crippen molar-refractivity contribution in [3.05, 3.63) is 64.7 Å². The van der Waals surface area contributed by atoms with Gasteiger partial charge >= 0.3 is 0 Å². The maximum Gasteiger partial charge on any atom is 0.295 e. The Labute approximate surface area is 218 Å². The molecule has 1 N–H and O–H groups in total. The molecular formula is C29H36N2O6. The molecule has 8 heteroatoms. The van der Waals surface area contributed by atoms with Crippen LogP contribution < -0.4 is 9.47 Å². The first-order valence-electron chi connectivity index (χ1n) is 12.6. The van der Waals surface area contributed by atoms with E-state index in [9.17, 15) is 14.7 Å². The molecule has 2 aliphatic heterocycles. The van der Waals surface area contributed by atoms with Crippen molar-refractivity contribution in [2.45, 2.75) is 32.2 Å². The lowest BCUT2D eigenvalue weighted by atomic mass is 9.85. The standard InChI is InChI=1S/C29H36N2O6/c1-29(2,3)21-9-6-19(7-10-21)25-24(26(32)20-8-11-22(35-4)23(18-20)36-5)27(33)28(34)31(25)13-12-30-14-16-37-17-15-30/h6-11,18,25,32H,12-17H2,1-5H3/t25-/m0/s1. The third-order valence-electron chi connectivity index (χ3n) is 7.05. The second-order valence-corrected chi connectivity index (χ2v) is 10.4. The summed E-state index contributed by atoms with van der Waals surface area (Å²) in [7, 11) is 3.03. The molecule has 8 nitrogen and oxygen atoms in total. The van der Waals surface area contributed by atoms with Crippen LogP contribution in [-0.4, -0.2) is 80.2 Å². The highest BCUT2D eigenvalue weighted by Gasteiger charge is 2.46. The van der Waals surface area contributed by atoms with Gasteiger partial charge in [-0.2, -0.15) is 0 Å². The highest BCUT2D eigenvalue weighted by molar-refractivity contribution is 6.46. The maximum absolute atomic E-state index is 13.4. The molecule has 4 rings (SSSR count). The molecule has 2 aromatic carbocycles. The van der Waals surface area contributed by atoms with Crippen molar-refractivity contribution in [3.8, 4) is 11.5 Å². The van der Waals surface area contributed by atoms with Crippen LogP contribution >= 0.6 is 0 Å². The van der Waals surface area contributed by atoms with Crippen LogP contribution in [0.3, 0.4) is 0 Å². The third kappa shape index (κ3) is 5.50. The molecule has 37 heavy (non-hydrogen) atoms. The number of benzene rings is 2. The van der Waals surface area contributed by atoms with Crippen molar-refractivity contribution in [2.24, 2.45) is 0 Å². The van der Waals surface area contributed by atoms with Crippen LogP contribution in [0.5, 0.6) is 11.5 Å². The van der Waals surface area contributed by atoms with E-state index in [0.717, 1.165) is 24.2 Å². The van der Waals surface area contributed by atoms with Gasteiger partial charge in [-0.25, -0.2) is 0 Å². The number of amides is 1. The molecule has 0 saturated carbocycles. The van der Waals surface area contributed by atoms with Crippen molar-refractivity contribution in [2.75, 3.05) is 53.6 Å². The van der Waals surface area contributed by atoms with E-state index in [2.05, 4.69) is 25.7 Å². The van der Waals surface area contributed by atoms with Crippen LogP contribution in [0.15, 0.2) is 48.0 Å². The van der Waals surface area contributed by atoms with Crippen LogP contribution in [0.2, 0.25) is 0 Å². The third-order valence-corrected chi connectivity index (χ3v) is 7.05. The first kappa shape index (κ1) is 26.7. The van der Waals surface area contributed by atoms with Gasteiger partial charge in [0.2, 0.25) is 0 Å². The average Bonchev–Trinajstić information content (AvgIpc) is 3.16. The van der Waals surface area contributed by atoms with E-state index in [1.807, 2.05) is 24.3 Å². The molecule has 0 aromatic heterocycles. The Morgan fingerprint density at radius 1 is 0.973 bits per heavy atom. The molecule has 0 bridgehead atoms. The van der Waals surface area contributed by atoms with Crippen LogP contribution in [0.25, 0.3) is 5.76 Å². The first-order chi connectivity index (χ1) is 17.7. The minimum absolute atomic E-state index is 0.0453. The molecule has 0 spiro atoms. The molecule has 2 aromatic rings. The Morgan fingerprint density at radius 3 is 2.22 bits per heavy atom. The van der Waals surface area contributed by atoms with Gasteiger partial charge < -0.3 is 24.2 Å². The number of hydrogen-bond acceptors (Lipinski definition) is 7. The fraction of sp³-hybridized carbons (Fsp3) is 0.448. The number of aliphatic hydroxyl groups excluding tert-OH is 1. The summed E-state index contributed by atoms with van der Waals surface area (Å²) in [5.41, 5.74) is 2.32. The second-order valence-electron chi connectivity index (χ2n) is 10.4.